The summed E-state index contributed by atoms with van der Waals surface area (Å²) in [6.07, 6.45) is 0. The van der Waals surface area contributed by atoms with Crippen LogP contribution in [0.15, 0.2) is 24.3 Å². The van der Waals surface area contributed by atoms with Crippen LogP contribution in [-0.4, -0.2) is 33.5 Å². The van der Waals surface area contributed by atoms with Gasteiger partial charge in [0, 0.05) is 25.2 Å². The second kappa shape index (κ2) is 6.43. The van der Waals surface area contributed by atoms with Crippen LogP contribution in [0.2, 0.25) is 0 Å². The summed E-state index contributed by atoms with van der Waals surface area (Å²) < 4.78 is 25.7. The van der Waals surface area contributed by atoms with Gasteiger partial charge in [-0.1, -0.05) is 12.1 Å². The van der Waals surface area contributed by atoms with Crippen LogP contribution in [0.4, 0.5) is 5.69 Å². The molecule has 0 aliphatic rings. The number of nitrogens with one attached hydrogen (secondary N) is 2. The van der Waals surface area contributed by atoms with Gasteiger partial charge in [0.15, 0.2) is 0 Å². The summed E-state index contributed by atoms with van der Waals surface area (Å²) in [5, 5.41) is 13.4. The van der Waals surface area contributed by atoms with E-state index in [1.54, 1.807) is 13.1 Å². The molecule has 7 nitrogen and oxygen atoms in total. The van der Waals surface area contributed by atoms with Crippen molar-refractivity contribution in [3.05, 3.63) is 39.9 Å². The molecule has 0 atom stereocenters. The Morgan fingerprint density at radius 3 is 2.67 bits per heavy atom. The molecule has 1 rings (SSSR count). The highest BCUT2D eigenvalue weighted by Crippen LogP contribution is 2.14. The van der Waals surface area contributed by atoms with Crippen LogP contribution in [0.1, 0.15) is 5.56 Å². The van der Waals surface area contributed by atoms with E-state index in [2.05, 4.69) is 10.0 Å². The Labute approximate surface area is 105 Å². The molecule has 0 aromatic heterocycles. The van der Waals surface area contributed by atoms with E-state index in [0.717, 1.165) is 0 Å². The van der Waals surface area contributed by atoms with E-state index in [1.165, 1.54) is 18.2 Å². The maximum atomic E-state index is 11.6. The van der Waals surface area contributed by atoms with Crippen molar-refractivity contribution in [3.8, 4) is 0 Å². The maximum Gasteiger partial charge on any atom is 0.269 e. The molecular weight excluding hydrogens is 258 g/mol. The van der Waals surface area contributed by atoms with Crippen molar-refractivity contribution in [3.63, 3.8) is 0 Å². The number of non-ortho nitro benzene ring substituents is 1. The van der Waals surface area contributed by atoms with Gasteiger partial charge in [-0.05, 0) is 12.6 Å². The first-order chi connectivity index (χ1) is 8.44. The summed E-state index contributed by atoms with van der Waals surface area (Å²) in [5.74, 6) is -0.265. The average Bonchev–Trinajstić information content (AvgIpc) is 2.28. The van der Waals surface area contributed by atoms with Crippen LogP contribution in [0, 0.1) is 10.1 Å². The van der Waals surface area contributed by atoms with Gasteiger partial charge in [-0.3, -0.25) is 10.1 Å². The van der Waals surface area contributed by atoms with Gasteiger partial charge in [-0.2, -0.15) is 0 Å². The number of nitro groups is 1. The fraction of sp³-hybridized carbons (Fsp3) is 0.400. The van der Waals surface area contributed by atoms with Crippen molar-refractivity contribution >= 4 is 15.7 Å². The first kappa shape index (κ1) is 14.6. The van der Waals surface area contributed by atoms with E-state index in [4.69, 9.17) is 0 Å². The normalized spacial score (nSPS) is 11.4. The molecule has 0 spiro atoms. The topological polar surface area (TPSA) is 101 Å². The lowest BCUT2D eigenvalue weighted by Gasteiger charge is -2.06. The molecule has 0 radical (unpaired) electrons. The number of hydrogen-bond acceptors (Lipinski definition) is 5. The number of rotatable bonds is 7. The maximum absolute atomic E-state index is 11.6. The lowest BCUT2D eigenvalue weighted by atomic mass is 10.2. The highest BCUT2D eigenvalue weighted by Gasteiger charge is 2.13. The number of benzene rings is 1. The molecule has 0 fully saturated rings. The number of nitrogens with zero attached hydrogens (tertiary/aromatic N) is 1. The minimum absolute atomic E-state index is 0.113. The molecule has 8 heteroatoms. The Morgan fingerprint density at radius 1 is 1.33 bits per heavy atom. The number of likely N-dealkylation sites (N-methyl/N-ethyl adjacent to an activating group) is 1. The minimum atomic E-state index is -3.46. The van der Waals surface area contributed by atoms with Gasteiger partial charge >= 0.3 is 0 Å². The number of sulfonamides is 1. The Balaban J connectivity index is 2.72. The zero-order valence-electron chi connectivity index (χ0n) is 9.92. The van der Waals surface area contributed by atoms with E-state index in [0.29, 0.717) is 12.1 Å². The predicted octanol–water partition coefficient (Wildman–Crippen LogP) is 0.234. The molecule has 0 bridgehead atoms. The predicted molar refractivity (Wildman–Crippen MR) is 67.6 cm³/mol. The van der Waals surface area contributed by atoms with E-state index in [-0.39, 0.29) is 18.0 Å². The van der Waals surface area contributed by atoms with Gasteiger partial charge in [0.05, 0.1) is 10.7 Å². The zero-order chi connectivity index (χ0) is 13.6. The molecule has 0 amide bonds. The molecule has 0 heterocycles. The number of hydrogen-bond donors (Lipinski definition) is 2. The SMILES string of the molecule is CNCCNS(=O)(=O)Cc1cccc([N+](=O)[O-])c1. The fourth-order valence-electron chi connectivity index (χ4n) is 1.36. The van der Waals surface area contributed by atoms with Crippen molar-refractivity contribution in [1.82, 2.24) is 10.0 Å². The van der Waals surface area contributed by atoms with Crippen LogP contribution in [0.3, 0.4) is 0 Å². The third kappa shape index (κ3) is 4.78. The second-order valence-electron chi connectivity index (χ2n) is 3.68. The highest BCUT2D eigenvalue weighted by atomic mass is 32.2. The minimum Gasteiger partial charge on any atom is -0.318 e. The standard InChI is InChI=1S/C10H15N3O4S/c1-11-5-6-12-18(16,17)8-9-3-2-4-10(7-9)13(14)15/h2-4,7,11-12H,5-6,8H2,1H3. The van der Waals surface area contributed by atoms with Gasteiger partial charge in [0.25, 0.3) is 5.69 Å². The Morgan fingerprint density at radius 2 is 2.06 bits per heavy atom. The lowest BCUT2D eigenvalue weighted by molar-refractivity contribution is -0.384. The molecule has 1 aromatic carbocycles. The number of nitro benzene ring substituents is 1. The van der Waals surface area contributed by atoms with E-state index < -0.39 is 14.9 Å². The van der Waals surface area contributed by atoms with Gasteiger partial charge in [-0.15, -0.1) is 0 Å². The molecule has 1 aromatic rings. The van der Waals surface area contributed by atoms with Crippen molar-refractivity contribution in [2.75, 3.05) is 20.1 Å². The summed E-state index contributed by atoms with van der Waals surface area (Å²) in [6.45, 7) is 0.807. The summed E-state index contributed by atoms with van der Waals surface area (Å²) >= 11 is 0. The summed E-state index contributed by atoms with van der Waals surface area (Å²) in [7, 11) is -1.74. The van der Waals surface area contributed by atoms with E-state index in [1.807, 2.05) is 0 Å². The Kier molecular flexibility index (Phi) is 5.20. The first-order valence-corrected chi connectivity index (χ1v) is 6.95. The van der Waals surface area contributed by atoms with Gasteiger partial charge < -0.3 is 5.32 Å². The van der Waals surface area contributed by atoms with Crippen LogP contribution in [0.5, 0.6) is 0 Å². The molecule has 0 unspecified atom stereocenters. The summed E-state index contributed by atoms with van der Waals surface area (Å²) in [6, 6.07) is 5.60. The van der Waals surface area contributed by atoms with Crippen LogP contribution >= 0.6 is 0 Å². The smallest absolute Gasteiger partial charge is 0.269 e. The molecule has 0 saturated carbocycles. The van der Waals surface area contributed by atoms with Crippen LogP contribution < -0.4 is 10.0 Å². The van der Waals surface area contributed by atoms with Crippen LogP contribution in [0.25, 0.3) is 0 Å². The van der Waals surface area contributed by atoms with E-state index in [9.17, 15) is 18.5 Å². The molecule has 2 N–H and O–H groups in total. The summed E-state index contributed by atoms with van der Waals surface area (Å²) in [5.41, 5.74) is 0.277. The molecular formula is C10H15N3O4S. The zero-order valence-corrected chi connectivity index (χ0v) is 10.7. The molecule has 0 saturated heterocycles. The third-order valence-electron chi connectivity index (χ3n) is 2.18. The van der Waals surface area contributed by atoms with Crippen molar-refractivity contribution in [1.29, 1.82) is 0 Å². The van der Waals surface area contributed by atoms with Crippen molar-refractivity contribution < 1.29 is 13.3 Å². The molecule has 0 aliphatic carbocycles. The first-order valence-electron chi connectivity index (χ1n) is 5.30. The van der Waals surface area contributed by atoms with Gasteiger partial charge in [0.2, 0.25) is 10.0 Å². The summed E-state index contributed by atoms with van der Waals surface area (Å²) in [4.78, 5) is 10.0. The largest absolute Gasteiger partial charge is 0.318 e. The van der Waals surface area contributed by atoms with Crippen molar-refractivity contribution in [2.45, 2.75) is 5.75 Å². The monoisotopic (exact) mass is 273 g/mol. The molecule has 0 aliphatic heterocycles. The average molecular weight is 273 g/mol. The molecule has 18 heavy (non-hydrogen) atoms. The third-order valence-corrected chi connectivity index (χ3v) is 3.53. The lowest BCUT2D eigenvalue weighted by Crippen LogP contribution is -2.31. The molecule has 100 valence electrons. The second-order valence-corrected chi connectivity index (χ2v) is 5.49. The Bertz CT molecular complexity index is 516. The van der Waals surface area contributed by atoms with Crippen LogP contribution in [-0.2, 0) is 15.8 Å². The fourth-order valence-corrected chi connectivity index (χ4v) is 2.50. The Hall–Kier alpha value is -1.51. The highest BCUT2D eigenvalue weighted by molar-refractivity contribution is 7.88. The quantitative estimate of drug-likeness (QED) is 0.421. The van der Waals surface area contributed by atoms with Crippen molar-refractivity contribution in [2.24, 2.45) is 0 Å². The van der Waals surface area contributed by atoms with Gasteiger partial charge in [-0.25, -0.2) is 13.1 Å². The van der Waals surface area contributed by atoms with E-state index >= 15 is 0 Å². The van der Waals surface area contributed by atoms with Gasteiger partial charge in [0.1, 0.15) is 0 Å².